The molecule has 0 aliphatic heterocycles. The van der Waals surface area contributed by atoms with E-state index in [0.717, 1.165) is 0 Å². The fourth-order valence-corrected chi connectivity index (χ4v) is 2.40. The molecule has 0 heterocycles. The van der Waals surface area contributed by atoms with Gasteiger partial charge in [-0.25, -0.2) is 8.42 Å². The number of benzene rings is 1. The van der Waals surface area contributed by atoms with Crippen LogP contribution in [-0.4, -0.2) is 24.2 Å². The van der Waals surface area contributed by atoms with Crippen molar-refractivity contribution in [3.63, 3.8) is 0 Å². The topological polar surface area (TPSA) is 77.4 Å². The molecular weight excluding hydrogens is 216 g/mol. The van der Waals surface area contributed by atoms with E-state index in [1.165, 1.54) is 6.92 Å². The first-order valence-electron chi connectivity index (χ1n) is 4.59. The summed E-state index contributed by atoms with van der Waals surface area (Å²) in [5.41, 5.74) is 0.424. The standard InChI is InChI=1S/C10H14O4S/c1-8(11)7-10(15(12,13)14)9-5-3-2-4-6-9/h2-6,8,10-11H,7H2,1H3,(H,12,13,14)/p-1. The minimum atomic E-state index is -4.42. The molecular formula is C10H13O4S-. The number of aliphatic hydroxyl groups is 1. The Morgan fingerprint density at radius 2 is 1.87 bits per heavy atom. The van der Waals surface area contributed by atoms with Crippen LogP contribution in [0.1, 0.15) is 24.2 Å². The van der Waals surface area contributed by atoms with Crippen LogP contribution in [-0.2, 0) is 10.1 Å². The highest BCUT2D eigenvalue weighted by Gasteiger charge is 2.20. The lowest BCUT2D eigenvalue weighted by molar-refractivity contribution is 0.181. The maximum absolute atomic E-state index is 11.0. The van der Waals surface area contributed by atoms with Crippen molar-refractivity contribution in [3.05, 3.63) is 35.9 Å². The summed E-state index contributed by atoms with van der Waals surface area (Å²) in [6, 6.07) is 8.20. The first kappa shape index (κ1) is 12.2. The van der Waals surface area contributed by atoms with Crippen LogP contribution in [0, 0.1) is 0 Å². The predicted octanol–water partition coefficient (Wildman–Crippen LogP) is 1.04. The molecule has 15 heavy (non-hydrogen) atoms. The second-order valence-corrected chi connectivity index (χ2v) is 5.03. The van der Waals surface area contributed by atoms with Crippen molar-refractivity contribution < 1.29 is 18.1 Å². The zero-order valence-corrected chi connectivity index (χ0v) is 9.15. The summed E-state index contributed by atoms with van der Waals surface area (Å²) in [5.74, 6) is 0. The lowest BCUT2D eigenvalue weighted by atomic mass is 10.1. The molecule has 84 valence electrons. The molecule has 0 amide bonds. The molecule has 1 aromatic carbocycles. The third kappa shape index (κ3) is 3.62. The molecule has 0 saturated heterocycles. The highest BCUT2D eigenvalue weighted by Crippen LogP contribution is 2.26. The molecule has 0 aromatic heterocycles. The zero-order valence-electron chi connectivity index (χ0n) is 8.33. The van der Waals surface area contributed by atoms with Crippen LogP contribution >= 0.6 is 0 Å². The van der Waals surface area contributed by atoms with E-state index in [2.05, 4.69) is 0 Å². The van der Waals surface area contributed by atoms with Crippen molar-refractivity contribution in [3.8, 4) is 0 Å². The minimum Gasteiger partial charge on any atom is -0.747 e. The van der Waals surface area contributed by atoms with Gasteiger partial charge in [-0.2, -0.15) is 0 Å². The average Bonchev–Trinajstić information content (AvgIpc) is 2.14. The van der Waals surface area contributed by atoms with Crippen LogP contribution in [0.3, 0.4) is 0 Å². The second-order valence-electron chi connectivity index (χ2n) is 3.48. The first-order chi connectivity index (χ1) is 6.91. The Labute approximate surface area is 89.3 Å². The van der Waals surface area contributed by atoms with Crippen molar-refractivity contribution in [1.29, 1.82) is 0 Å². The third-order valence-electron chi connectivity index (χ3n) is 2.08. The number of aliphatic hydroxyl groups excluding tert-OH is 1. The van der Waals surface area contributed by atoms with E-state index in [0.29, 0.717) is 5.56 Å². The van der Waals surface area contributed by atoms with Gasteiger partial charge in [0.1, 0.15) is 10.1 Å². The Bertz CT molecular complexity index is 397. The molecule has 0 saturated carbocycles. The third-order valence-corrected chi connectivity index (χ3v) is 3.24. The molecule has 0 spiro atoms. The van der Waals surface area contributed by atoms with E-state index in [9.17, 15) is 13.0 Å². The summed E-state index contributed by atoms with van der Waals surface area (Å²) in [4.78, 5) is 0. The van der Waals surface area contributed by atoms with Crippen LogP contribution in [0.5, 0.6) is 0 Å². The lowest BCUT2D eigenvalue weighted by Crippen LogP contribution is -2.17. The van der Waals surface area contributed by atoms with Crippen molar-refractivity contribution in [2.45, 2.75) is 24.7 Å². The number of rotatable bonds is 4. The minimum absolute atomic E-state index is 0.0736. The van der Waals surface area contributed by atoms with Gasteiger partial charge in [0, 0.05) is 0 Å². The van der Waals surface area contributed by atoms with Crippen molar-refractivity contribution in [2.24, 2.45) is 0 Å². The van der Waals surface area contributed by atoms with Crippen LogP contribution in [0.25, 0.3) is 0 Å². The first-order valence-corrected chi connectivity index (χ1v) is 6.06. The monoisotopic (exact) mass is 229 g/mol. The number of hydrogen-bond donors (Lipinski definition) is 1. The van der Waals surface area contributed by atoms with Crippen LogP contribution < -0.4 is 0 Å². The second kappa shape index (κ2) is 4.74. The smallest absolute Gasteiger partial charge is 0.102 e. The summed E-state index contributed by atoms with van der Waals surface area (Å²) >= 11 is 0. The van der Waals surface area contributed by atoms with Gasteiger partial charge >= 0.3 is 0 Å². The molecule has 4 nitrogen and oxygen atoms in total. The van der Waals surface area contributed by atoms with E-state index in [1.54, 1.807) is 30.3 Å². The van der Waals surface area contributed by atoms with E-state index in [-0.39, 0.29) is 6.42 Å². The maximum atomic E-state index is 11.0. The van der Waals surface area contributed by atoms with Gasteiger partial charge in [-0.05, 0) is 18.9 Å². The molecule has 0 aliphatic rings. The lowest BCUT2D eigenvalue weighted by Gasteiger charge is -2.22. The average molecular weight is 229 g/mol. The normalized spacial score (nSPS) is 15.9. The fraction of sp³-hybridized carbons (Fsp3) is 0.400. The van der Waals surface area contributed by atoms with Crippen molar-refractivity contribution in [2.75, 3.05) is 0 Å². The van der Waals surface area contributed by atoms with Crippen LogP contribution in [0.15, 0.2) is 30.3 Å². The quantitative estimate of drug-likeness (QED) is 0.783. The summed E-state index contributed by atoms with van der Waals surface area (Å²) in [5, 5.41) is 7.98. The maximum Gasteiger partial charge on any atom is 0.102 e. The molecule has 2 atom stereocenters. The Balaban J connectivity index is 3.03. The molecule has 0 radical (unpaired) electrons. The summed E-state index contributed by atoms with van der Waals surface area (Å²) in [7, 11) is -4.42. The highest BCUT2D eigenvalue weighted by atomic mass is 32.2. The number of hydrogen-bond acceptors (Lipinski definition) is 4. The van der Waals surface area contributed by atoms with Gasteiger partial charge in [0.05, 0.1) is 11.4 Å². The molecule has 5 heteroatoms. The van der Waals surface area contributed by atoms with Gasteiger partial charge in [0.15, 0.2) is 0 Å². The largest absolute Gasteiger partial charge is 0.747 e. The van der Waals surface area contributed by atoms with Gasteiger partial charge in [-0.15, -0.1) is 0 Å². The Kier molecular flexibility index (Phi) is 3.84. The van der Waals surface area contributed by atoms with Gasteiger partial charge in [0.2, 0.25) is 0 Å². The van der Waals surface area contributed by atoms with E-state index in [4.69, 9.17) is 5.11 Å². The van der Waals surface area contributed by atoms with Crippen LogP contribution in [0.2, 0.25) is 0 Å². The summed E-state index contributed by atoms with van der Waals surface area (Å²) in [6.07, 6.45) is -0.894. The molecule has 0 fully saturated rings. The van der Waals surface area contributed by atoms with Gasteiger partial charge < -0.3 is 9.66 Å². The molecule has 1 N–H and O–H groups in total. The predicted molar refractivity (Wildman–Crippen MR) is 55.2 cm³/mol. The van der Waals surface area contributed by atoms with E-state index < -0.39 is 21.5 Å². The van der Waals surface area contributed by atoms with Gasteiger partial charge in [-0.1, -0.05) is 30.3 Å². The molecule has 0 bridgehead atoms. The SMILES string of the molecule is CC(O)CC(c1ccccc1)S(=O)(=O)[O-]. The Morgan fingerprint density at radius 1 is 1.33 bits per heavy atom. The highest BCUT2D eigenvalue weighted by molar-refractivity contribution is 7.86. The van der Waals surface area contributed by atoms with E-state index >= 15 is 0 Å². The van der Waals surface area contributed by atoms with Crippen molar-refractivity contribution >= 4 is 10.1 Å². The molecule has 1 rings (SSSR count). The van der Waals surface area contributed by atoms with Crippen LogP contribution in [0.4, 0.5) is 0 Å². The molecule has 1 aromatic rings. The fourth-order valence-electron chi connectivity index (χ4n) is 1.40. The Morgan fingerprint density at radius 3 is 2.27 bits per heavy atom. The summed E-state index contributed by atoms with van der Waals surface area (Å²) in [6.45, 7) is 1.46. The van der Waals surface area contributed by atoms with Gasteiger partial charge in [-0.3, -0.25) is 0 Å². The van der Waals surface area contributed by atoms with Gasteiger partial charge in [0.25, 0.3) is 0 Å². The zero-order chi connectivity index (χ0) is 11.5. The molecule has 0 aliphatic carbocycles. The molecule has 2 unspecified atom stereocenters. The summed E-state index contributed by atoms with van der Waals surface area (Å²) < 4.78 is 33.0. The Hall–Kier alpha value is -0.910. The van der Waals surface area contributed by atoms with E-state index in [1.807, 2.05) is 0 Å². The van der Waals surface area contributed by atoms with Crippen molar-refractivity contribution in [1.82, 2.24) is 0 Å².